The highest BCUT2D eigenvalue weighted by Gasteiger charge is 1.89. The van der Waals surface area contributed by atoms with Gasteiger partial charge >= 0.3 is 0 Å². The summed E-state index contributed by atoms with van der Waals surface area (Å²) in [6.45, 7) is 4.53. The zero-order valence-electron chi connectivity index (χ0n) is 9.07. The van der Waals surface area contributed by atoms with Gasteiger partial charge in [0, 0.05) is 11.5 Å². The molecule has 0 saturated carbocycles. The van der Waals surface area contributed by atoms with Crippen molar-refractivity contribution in [1.29, 1.82) is 0 Å². The van der Waals surface area contributed by atoms with Crippen LogP contribution in [0.4, 0.5) is 0 Å². The van der Waals surface area contributed by atoms with E-state index in [9.17, 15) is 0 Å². The number of rotatable bonds is 4. The van der Waals surface area contributed by atoms with Gasteiger partial charge in [0.1, 0.15) is 0 Å². The van der Waals surface area contributed by atoms with Gasteiger partial charge in [0.15, 0.2) is 0 Å². The Balaban J connectivity index is 0.000000500. The first kappa shape index (κ1) is 13.5. The Bertz CT molecular complexity index is 199. The van der Waals surface area contributed by atoms with E-state index < -0.39 is 0 Å². The lowest BCUT2D eigenvalue weighted by atomic mass is 10.2. The molecule has 0 aliphatic carbocycles. The molecule has 1 rings (SSSR count). The SMILES string of the molecule is CCC.OCCSCc1ccccc1. The Labute approximate surface area is 91.5 Å². The van der Waals surface area contributed by atoms with Crippen LogP contribution in [0.2, 0.25) is 0 Å². The summed E-state index contributed by atoms with van der Waals surface area (Å²) in [6, 6.07) is 10.3. The first-order valence-corrected chi connectivity index (χ1v) is 6.23. The second kappa shape index (κ2) is 10.6. The average Bonchev–Trinajstić information content (AvgIpc) is 2.21. The molecule has 2 heteroatoms. The first-order chi connectivity index (χ1) is 6.85. The van der Waals surface area contributed by atoms with Crippen molar-refractivity contribution in [3.05, 3.63) is 35.9 Å². The van der Waals surface area contributed by atoms with Crippen LogP contribution in [-0.4, -0.2) is 17.5 Å². The number of hydrogen-bond donors (Lipinski definition) is 1. The summed E-state index contributed by atoms with van der Waals surface area (Å²) in [7, 11) is 0. The summed E-state index contributed by atoms with van der Waals surface area (Å²) in [6.07, 6.45) is 1.25. The van der Waals surface area contributed by atoms with Gasteiger partial charge in [0.05, 0.1) is 6.61 Å². The van der Waals surface area contributed by atoms with Crippen molar-refractivity contribution < 1.29 is 5.11 Å². The molecule has 1 N–H and O–H groups in total. The van der Waals surface area contributed by atoms with E-state index in [4.69, 9.17) is 5.11 Å². The van der Waals surface area contributed by atoms with Crippen LogP contribution < -0.4 is 0 Å². The third kappa shape index (κ3) is 8.14. The monoisotopic (exact) mass is 212 g/mol. The highest BCUT2D eigenvalue weighted by atomic mass is 32.2. The highest BCUT2D eigenvalue weighted by Crippen LogP contribution is 2.10. The third-order valence-electron chi connectivity index (χ3n) is 1.35. The molecule has 0 fully saturated rings. The molecule has 0 saturated heterocycles. The molecule has 0 bridgehead atoms. The van der Waals surface area contributed by atoms with Crippen LogP contribution in [0.15, 0.2) is 30.3 Å². The van der Waals surface area contributed by atoms with E-state index in [1.807, 2.05) is 18.2 Å². The molecule has 0 amide bonds. The van der Waals surface area contributed by atoms with Gasteiger partial charge in [-0.1, -0.05) is 50.6 Å². The Morgan fingerprint density at radius 2 is 1.71 bits per heavy atom. The van der Waals surface area contributed by atoms with E-state index in [0.29, 0.717) is 0 Å². The lowest BCUT2D eigenvalue weighted by molar-refractivity contribution is 0.322. The van der Waals surface area contributed by atoms with Gasteiger partial charge in [0.2, 0.25) is 0 Å². The molecule has 1 aromatic rings. The Kier molecular flexibility index (Phi) is 10.3. The fraction of sp³-hybridized carbons (Fsp3) is 0.500. The van der Waals surface area contributed by atoms with Crippen LogP contribution in [0.25, 0.3) is 0 Å². The molecule has 0 heterocycles. The van der Waals surface area contributed by atoms with Gasteiger partial charge in [-0.25, -0.2) is 0 Å². The van der Waals surface area contributed by atoms with Gasteiger partial charge in [-0.15, -0.1) is 0 Å². The molecule has 0 spiro atoms. The topological polar surface area (TPSA) is 20.2 Å². The van der Waals surface area contributed by atoms with Crippen LogP contribution in [0.1, 0.15) is 25.8 Å². The lowest BCUT2D eigenvalue weighted by Crippen LogP contribution is -1.87. The van der Waals surface area contributed by atoms with Crippen molar-refractivity contribution in [1.82, 2.24) is 0 Å². The summed E-state index contributed by atoms with van der Waals surface area (Å²) in [4.78, 5) is 0. The predicted octanol–water partition coefficient (Wildman–Crippen LogP) is 3.33. The summed E-state index contributed by atoms with van der Waals surface area (Å²) < 4.78 is 0. The summed E-state index contributed by atoms with van der Waals surface area (Å²) in [5.74, 6) is 1.83. The molecule has 0 aliphatic heterocycles. The summed E-state index contributed by atoms with van der Waals surface area (Å²) in [5.41, 5.74) is 1.32. The molecule has 80 valence electrons. The van der Waals surface area contributed by atoms with E-state index in [2.05, 4.69) is 26.0 Å². The van der Waals surface area contributed by atoms with Crippen LogP contribution in [0, 0.1) is 0 Å². The number of benzene rings is 1. The normalized spacial score (nSPS) is 9.07. The zero-order valence-corrected chi connectivity index (χ0v) is 9.89. The minimum atomic E-state index is 0.275. The van der Waals surface area contributed by atoms with Crippen molar-refractivity contribution >= 4 is 11.8 Å². The Hall–Kier alpha value is -0.470. The second-order valence-corrected chi connectivity index (χ2v) is 4.07. The minimum absolute atomic E-state index is 0.275. The van der Waals surface area contributed by atoms with Crippen LogP contribution >= 0.6 is 11.8 Å². The zero-order chi connectivity index (χ0) is 10.6. The minimum Gasteiger partial charge on any atom is -0.396 e. The first-order valence-electron chi connectivity index (χ1n) is 5.07. The number of aliphatic hydroxyl groups is 1. The maximum Gasteiger partial charge on any atom is 0.0521 e. The molecule has 0 atom stereocenters. The molecule has 0 unspecified atom stereocenters. The summed E-state index contributed by atoms with van der Waals surface area (Å²) in [5, 5.41) is 8.52. The molecule has 1 nitrogen and oxygen atoms in total. The second-order valence-electron chi connectivity index (χ2n) is 2.97. The van der Waals surface area contributed by atoms with Gasteiger partial charge in [0.25, 0.3) is 0 Å². The van der Waals surface area contributed by atoms with Crippen molar-refractivity contribution in [3.8, 4) is 0 Å². The maximum absolute atomic E-state index is 8.52. The maximum atomic E-state index is 8.52. The standard InChI is InChI=1S/C9H12OS.C3H8/c10-6-7-11-8-9-4-2-1-3-5-9;1-3-2/h1-5,10H,6-8H2;3H2,1-2H3. The molecule has 0 aliphatic rings. The van der Waals surface area contributed by atoms with Crippen LogP contribution in [0.3, 0.4) is 0 Å². The van der Waals surface area contributed by atoms with Gasteiger partial charge in [-0.05, 0) is 5.56 Å². The molecular formula is C12H20OS. The quantitative estimate of drug-likeness (QED) is 0.773. The van der Waals surface area contributed by atoms with Crippen LogP contribution in [0.5, 0.6) is 0 Å². The van der Waals surface area contributed by atoms with Crippen LogP contribution in [-0.2, 0) is 5.75 Å². The molecular weight excluding hydrogens is 192 g/mol. The van der Waals surface area contributed by atoms with Crippen molar-refractivity contribution in [3.63, 3.8) is 0 Å². The fourth-order valence-electron chi connectivity index (χ4n) is 0.829. The lowest BCUT2D eigenvalue weighted by Gasteiger charge is -1.98. The van der Waals surface area contributed by atoms with E-state index in [1.165, 1.54) is 12.0 Å². The fourth-order valence-corrected chi connectivity index (χ4v) is 1.53. The number of aliphatic hydroxyl groups excluding tert-OH is 1. The Morgan fingerprint density at radius 3 is 2.21 bits per heavy atom. The van der Waals surface area contributed by atoms with Gasteiger partial charge in [-0.3, -0.25) is 0 Å². The van der Waals surface area contributed by atoms with E-state index in [0.717, 1.165) is 11.5 Å². The Morgan fingerprint density at radius 1 is 1.14 bits per heavy atom. The summed E-state index contributed by atoms with van der Waals surface area (Å²) >= 11 is 1.76. The number of hydrogen-bond acceptors (Lipinski definition) is 2. The van der Waals surface area contributed by atoms with E-state index in [1.54, 1.807) is 11.8 Å². The molecule has 1 aromatic carbocycles. The highest BCUT2D eigenvalue weighted by molar-refractivity contribution is 7.98. The van der Waals surface area contributed by atoms with Crippen molar-refractivity contribution in [2.24, 2.45) is 0 Å². The molecule has 0 radical (unpaired) electrons. The molecule has 14 heavy (non-hydrogen) atoms. The van der Waals surface area contributed by atoms with Gasteiger partial charge < -0.3 is 5.11 Å². The predicted molar refractivity (Wildman–Crippen MR) is 65.7 cm³/mol. The average molecular weight is 212 g/mol. The van der Waals surface area contributed by atoms with E-state index in [-0.39, 0.29) is 6.61 Å². The third-order valence-corrected chi connectivity index (χ3v) is 2.36. The molecule has 0 aromatic heterocycles. The van der Waals surface area contributed by atoms with Gasteiger partial charge in [-0.2, -0.15) is 11.8 Å². The number of thioether (sulfide) groups is 1. The van der Waals surface area contributed by atoms with Crippen molar-refractivity contribution in [2.75, 3.05) is 12.4 Å². The van der Waals surface area contributed by atoms with Crippen molar-refractivity contribution in [2.45, 2.75) is 26.0 Å². The smallest absolute Gasteiger partial charge is 0.0521 e. The van der Waals surface area contributed by atoms with E-state index >= 15 is 0 Å². The largest absolute Gasteiger partial charge is 0.396 e.